The molecule has 1 heterocycles. The lowest BCUT2D eigenvalue weighted by atomic mass is 9.96. The van der Waals surface area contributed by atoms with Gasteiger partial charge < -0.3 is 0 Å². The Kier molecular flexibility index (Phi) is 3.59. The minimum absolute atomic E-state index is 0.0764. The number of rotatable bonds is 2. The van der Waals surface area contributed by atoms with E-state index in [2.05, 4.69) is 18.7 Å². The van der Waals surface area contributed by atoms with Gasteiger partial charge in [-0.05, 0) is 32.8 Å². The van der Waals surface area contributed by atoms with Crippen LogP contribution in [0.3, 0.4) is 0 Å². The zero-order chi connectivity index (χ0) is 11.5. The molecule has 1 aliphatic rings. The molecule has 2 atom stereocenters. The molecule has 1 aromatic rings. The van der Waals surface area contributed by atoms with Gasteiger partial charge >= 0.3 is 0 Å². The van der Waals surface area contributed by atoms with Gasteiger partial charge in [0, 0.05) is 24.2 Å². The molecule has 0 saturated carbocycles. The SMILES string of the molecule is CC1CCCC(C)N1Cc1ccccc1F. The zero-order valence-electron chi connectivity index (χ0n) is 10.1. The van der Waals surface area contributed by atoms with Crippen molar-refractivity contribution in [2.45, 2.75) is 51.7 Å². The largest absolute Gasteiger partial charge is 0.294 e. The summed E-state index contributed by atoms with van der Waals surface area (Å²) in [6.07, 6.45) is 3.77. The number of likely N-dealkylation sites (tertiary alicyclic amines) is 1. The standard InChI is InChI=1S/C14H20FN/c1-11-6-5-7-12(2)16(11)10-13-8-3-4-9-14(13)15/h3-4,8-9,11-12H,5-7,10H2,1-2H3. The lowest BCUT2D eigenvalue weighted by molar-refractivity contribution is 0.0940. The lowest BCUT2D eigenvalue weighted by Gasteiger charge is -2.39. The van der Waals surface area contributed by atoms with Crippen LogP contribution >= 0.6 is 0 Å². The topological polar surface area (TPSA) is 3.24 Å². The summed E-state index contributed by atoms with van der Waals surface area (Å²) < 4.78 is 13.6. The maximum Gasteiger partial charge on any atom is 0.127 e. The minimum atomic E-state index is -0.0764. The van der Waals surface area contributed by atoms with Crippen LogP contribution in [-0.2, 0) is 6.54 Å². The highest BCUT2D eigenvalue weighted by atomic mass is 19.1. The van der Waals surface area contributed by atoms with Crippen LogP contribution in [0, 0.1) is 5.82 Å². The van der Waals surface area contributed by atoms with E-state index in [1.807, 2.05) is 12.1 Å². The van der Waals surface area contributed by atoms with E-state index in [0.717, 1.165) is 12.1 Å². The Labute approximate surface area is 97.3 Å². The van der Waals surface area contributed by atoms with E-state index >= 15 is 0 Å². The molecule has 1 aliphatic heterocycles. The van der Waals surface area contributed by atoms with Crippen molar-refractivity contribution in [3.05, 3.63) is 35.6 Å². The number of halogens is 1. The first kappa shape index (κ1) is 11.6. The molecule has 0 radical (unpaired) electrons. The Balaban J connectivity index is 2.11. The van der Waals surface area contributed by atoms with E-state index in [1.54, 1.807) is 12.1 Å². The molecule has 1 saturated heterocycles. The van der Waals surface area contributed by atoms with Crippen LogP contribution in [0.5, 0.6) is 0 Å². The Bertz CT molecular complexity index is 340. The summed E-state index contributed by atoms with van der Waals surface area (Å²) >= 11 is 0. The predicted molar refractivity (Wildman–Crippen MR) is 64.7 cm³/mol. The molecule has 2 heteroatoms. The molecule has 2 unspecified atom stereocenters. The van der Waals surface area contributed by atoms with Crippen LogP contribution in [-0.4, -0.2) is 17.0 Å². The fraction of sp³-hybridized carbons (Fsp3) is 0.571. The van der Waals surface area contributed by atoms with E-state index in [0.29, 0.717) is 12.1 Å². The molecule has 2 rings (SSSR count). The van der Waals surface area contributed by atoms with Gasteiger partial charge in [0.2, 0.25) is 0 Å². The number of piperidine rings is 1. The van der Waals surface area contributed by atoms with Gasteiger partial charge in [0.05, 0.1) is 0 Å². The molecule has 0 amide bonds. The Morgan fingerprint density at radius 3 is 2.44 bits per heavy atom. The van der Waals surface area contributed by atoms with Crippen molar-refractivity contribution < 1.29 is 4.39 Å². The van der Waals surface area contributed by atoms with Crippen LogP contribution < -0.4 is 0 Å². The van der Waals surface area contributed by atoms with Crippen molar-refractivity contribution in [2.75, 3.05) is 0 Å². The molecule has 0 N–H and O–H groups in total. The Hall–Kier alpha value is -0.890. The molecule has 1 fully saturated rings. The second kappa shape index (κ2) is 4.96. The first-order chi connectivity index (χ1) is 7.68. The fourth-order valence-corrected chi connectivity index (χ4v) is 2.61. The van der Waals surface area contributed by atoms with Crippen LogP contribution in [0.2, 0.25) is 0 Å². The number of nitrogens with zero attached hydrogens (tertiary/aromatic N) is 1. The summed E-state index contributed by atoms with van der Waals surface area (Å²) in [5.41, 5.74) is 0.822. The average molecular weight is 221 g/mol. The summed E-state index contributed by atoms with van der Waals surface area (Å²) in [4.78, 5) is 2.42. The van der Waals surface area contributed by atoms with Gasteiger partial charge in [0.25, 0.3) is 0 Å². The minimum Gasteiger partial charge on any atom is -0.294 e. The Morgan fingerprint density at radius 1 is 1.19 bits per heavy atom. The van der Waals surface area contributed by atoms with Crippen LogP contribution in [0.1, 0.15) is 38.7 Å². The third-order valence-electron chi connectivity index (χ3n) is 3.69. The van der Waals surface area contributed by atoms with Crippen LogP contribution in [0.4, 0.5) is 4.39 Å². The number of hydrogen-bond acceptors (Lipinski definition) is 1. The predicted octanol–water partition coefficient (Wildman–Crippen LogP) is 3.59. The van der Waals surface area contributed by atoms with E-state index in [9.17, 15) is 4.39 Å². The summed E-state index contributed by atoms with van der Waals surface area (Å²) in [6, 6.07) is 8.25. The quantitative estimate of drug-likeness (QED) is 0.737. The summed E-state index contributed by atoms with van der Waals surface area (Å²) in [6.45, 7) is 5.24. The van der Waals surface area contributed by atoms with Crippen molar-refractivity contribution in [3.8, 4) is 0 Å². The second-order valence-corrected chi connectivity index (χ2v) is 4.89. The van der Waals surface area contributed by atoms with Crippen LogP contribution in [0.25, 0.3) is 0 Å². The summed E-state index contributed by atoms with van der Waals surface area (Å²) in [5, 5.41) is 0. The highest BCUT2D eigenvalue weighted by Gasteiger charge is 2.24. The number of benzene rings is 1. The first-order valence-electron chi connectivity index (χ1n) is 6.17. The van der Waals surface area contributed by atoms with Gasteiger partial charge in [-0.2, -0.15) is 0 Å². The maximum atomic E-state index is 13.6. The normalized spacial score (nSPS) is 26.9. The molecule has 88 valence electrons. The van der Waals surface area contributed by atoms with E-state index in [-0.39, 0.29) is 5.82 Å². The lowest BCUT2D eigenvalue weighted by Crippen LogP contribution is -2.43. The van der Waals surface area contributed by atoms with E-state index in [4.69, 9.17) is 0 Å². The zero-order valence-corrected chi connectivity index (χ0v) is 10.1. The summed E-state index contributed by atoms with van der Waals surface area (Å²) in [7, 11) is 0. The van der Waals surface area contributed by atoms with E-state index < -0.39 is 0 Å². The van der Waals surface area contributed by atoms with Gasteiger partial charge in [-0.25, -0.2) is 4.39 Å². The smallest absolute Gasteiger partial charge is 0.127 e. The van der Waals surface area contributed by atoms with Crippen molar-refractivity contribution in [3.63, 3.8) is 0 Å². The average Bonchev–Trinajstić information content (AvgIpc) is 2.26. The van der Waals surface area contributed by atoms with Crippen molar-refractivity contribution in [2.24, 2.45) is 0 Å². The second-order valence-electron chi connectivity index (χ2n) is 4.89. The third-order valence-corrected chi connectivity index (χ3v) is 3.69. The van der Waals surface area contributed by atoms with Gasteiger partial charge in [-0.15, -0.1) is 0 Å². The highest BCUT2D eigenvalue weighted by Crippen LogP contribution is 2.25. The molecule has 0 aliphatic carbocycles. The van der Waals surface area contributed by atoms with Crippen molar-refractivity contribution >= 4 is 0 Å². The van der Waals surface area contributed by atoms with Crippen molar-refractivity contribution in [1.82, 2.24) is 4.90 Å². The third kappa shape index (κ3) is 2.43. The molecule has 16 heavy (non-hydrogen) atoms. The summed E-state index contributed by atoms with van der Waals surface area (Å²) in [5.74, 6) is -0.0764. The van der Waals surface area contributed by atoms with Gasteiger partial charge in [-0.1, -0.05) is 24.6 Å². The first-order valence-corrected chi connectivity index (χ1v) is 6.17. The maximum absolute atomic E-state index is 13.6. The van der Waals surface area contributed by atoms with E-state index in [1.165, 1.54) is 19.3 Å². The molecule has 0 spiro atoms. The molecular weight excluding hydrogens is 201 g/mol. The fourth-order valence-electron chi connectivity index (χ4n) is 2.61. The molecular formula is C14H20FN. The molecule has 1 nitrogen and oxygen atoms in total. The monoisotopic (exact) mass is 221 g/mol. The molecule has 1 aromatic carbocycles. The highest BCUT2D eigenvalue weighted by molar-refractivity contribution is 5.17. The number of hydrogen-bond donors (Lipinski definition) is 0. The molecule has 0 bridgehead atoms. The Morgan fingerprint density at radius 2 is 1.81 bits per heavy atom. The van der Waals surface area contributed by atoms with Crippen LogP contribution in [0.15, 0.2) is 24.3 Å². The van der Waals surface area contributed by atoms with Gasteiger partial charge in [0.15, 0.2) is 0 Å². The van der Waals surface area contributed by atoms with Gasteiger partial charge in [-0.3, -0.25) is 4.90 Å². The molecule has 0 aromatic heterocycles. The van der Waals surface area contributed by atoms with Crippen molar-refractivity contribution in [1.29, 1.82) is 0 Å². The van der Waals surface area contributed by atoms with Gasteiger partial charge in [0.1, 0.15) is 5.82 Å².